The van der Waals surface area contributed by atoms with Gasteiger partial charge in [0.2, 0.25) is 5.91 Å². The zero-order valence-corrected chi connectivity index (χ0v) is 16.3. The van der Waals surface area contributed by atoms with Crippen molar-refractivity contribution < 1.29 is 23.1 Å². The van der Waals surface area contributed by atoms with E-state index in [-0.39, 0.29) is 36.3 Å². The Hall–Kier alpha value is -2.03. The van der Waals surface area contributed by atoms with Gasteiger partial charge in [0.15, 0.2) is 11.6 Å². The maximum atomic E-state index is 14.7. The molecule has 2 aliphatic heterocycles. The second-order valence-electron chi connectivity index (χ2n) is 7.35. The van der Waals surface area contributed by atoms with E-state index in [9.17, 15) is 18.4 Å². The predicted octanol–water partition coefficient (Wildman–Crippen LogP) is 2.76. The van der Waals surface area contributed by atoms with E-state index in [0.29, 0.717) is 13.1 Å². The second-order valence-corrected chi connectivity index (χ2v) is 8.57. The minimum atomic E-state index is -0.680. The van der Waals surface area contributed by atoms with Crippen LogP contribution in [0.25, 0.3) is 0 Å². The smallest absolute Gasteiger partial charge is 0.414 e. The zero-order chi connectivity index (χ0) is 19.7. The van der Waals surface area contributed by atoms with Crippen LogP contribution in [-0.2, 0) is 9.53 Å². The number of amides is 2. The molecule has 4 rings (SSSR count). The van der Waals surface area contributed by atoms with Gasteiger partial charge in [-0.25, -0.2) is 13.6 Å². The molecule has 0 unspecified atom stereocenters. The summed E-state index contributed by atoms with van der Waals surface area (Å²) in [5.74, 6) is 0.483. The first kappa shape index (κ1) is 19.3. The van der Waals surface area contributed by atoms with E-state index in [1.807, 2.05) is 0 Å². The number of cyclic esters (lactones) is 1. The number of nitrogens with one attached hydrogen (secondary N) is 1. The molecule has 0 radical (unpaired) electrons. The topological polar surface area (TPSA) is 61.9 Å². The van der Waals surface area contributed by atoms with E-state index >= 15 is 0 Å². The summed E-state index contributed by atoms with van der Waals surface area (Å²) in [6.45, 7) is 1.54. The van der Waals surface area contributed by atoms with Crippen molar-refractivity contribution >= 4 is 35.1 Å². The molecule has 1 atom stereocenters. The third-order valence-corrected chi connectivity index (χ3v) is 6.23. The van der Waals surface area contributed by atoms with Crippen LogP contribution in [-0.4, -0.2) is 55.8 Å². The van der Waals surface area contributed by atoms with Gasteiger partial charge in [-0.05, 0) is 25.0 Å². The third kappa shape index (κ3) is 4.19. The zero-order valence-electron chi connectivity index (χ0n) is 15.5. The van der Waals surface area contributed by atoms with Crippen molar-refractivity contribution in [2.24, 2.45) is 5.92 Å². The normalized spacial score (nSPS) is 22.8. The number of thioether (sulfide) groups is 1. The van der Waals surface area contributed by atoms with Crippen LogP contribution >= 0.6 is 11.8 Å². The minimum absolute atomic E-state index is 0.0351. The van der Waals surface area contributed by atoms with Crippen molar-refractivity contribution in [3.8, 4) is 0 Å². The Morgan fingerprint density at radius 1 is 1.21 bits per heavy atom. The SMILES string of the molecule is O=C(NC[C@H]1CN(c2cc(F)c(N3CCCSCC3)c(F)c2)C(=O)O1)C1CC1. The first-order chi connectivity index (χ1) is 13.5. The third-order valence-electron chi connectivity index (χ3n) is 5.18. The molecule has 2 heterocycles. The number of benzene rings is 1. The Labute approximate surface area is 166 Å². The molecule has 0 aromatic heterocycles. The number of anilines is 2. The average molecular weight is 411 g/mol. The monoisotopic (exact) mass is 411 g/mol. The summed E-state index contributed by atoms with van der Waals surface area (Å²) >= 11 is 1.78. The van der Waals surface area contributed by atoms with Crippen molar-refractivity contribution in [2.75, 3.05) is 47.5 Å². The highest BCUT2D eigenvalue weighted by atomic mass is 32.2. The highest BCUT2D eigenvalue weighted by Gasteiger charge is 2.35. The summed E-state index contributed by atoms with van der Waals surface area (Å²) < 4.78 is 34.7. The lowest BCUT2D eigenvalue weighted by Crippen LogP contribution is -2.35. The fourth-order valence-electron chi connectivity index (χ4n) is 3.52. The van der Waals surface area contributed by atoms with Gasteiger partial charge in [-0.3, -0.25) is 9.69 Å². The first-order valence-electron chi connectivity index (χ1n) is 9.60. The van der Waals surface area contributed by atoms with E-state index in [4.69, 9.17) is 4.74 Å². The summed E-state index contributed by atoms with van der Waals surface area (Å²) in [5, 5.41) is 2.76. The van der Waals surface area contributed by atoms with Gasteiger partial charge in [-0.2, -0.15) is 11.8 Å². The van der Waals surface area contributed by atoms with Crippen molar-refractivity contribution in [1.82, 2.24) is 5.32 Å². The fourth-order valence-corrected chi connectivity index (χ4v) is 4.41. The number of hydrogen-bond donors (Lipinski definition) is 1. The number of carbonyl (C=O) groups is 2. The summed E-state index contributed by atoms with van der Waals surface area (Å²) in [5.41, 5.74) is 0.0935. The van der Waals surface area contributed by atoms with Crippen LogP contribution in [0.15, 0.2) is 12.1 Å². The van der Waals surface area contributed by atoms with Gasteiger partial charge < -0.3 is 15.0 Å². The van der Waals surface area contributed by atoms with E-state index in [1.54, 1.807) is 16.7 Å². The molecule has 152 valence electrons. The number of carbonyl (C=O) groups excluding carboxylic acids is 2. The number of halogens is 2. The van der Waals surface area contributed by atoms with Gasteiger partial charge in [-0.1, -0.05) is 0 Å². The number of ether oxygens (including phenoxy) is 1. The van der Waals surface area contributed by atoms with Crippen molar-refractivity contribution in [2.45, 2.75) is 25.4 Å². The molecule has 28 heavy (non-hydrogen) atoms. The van der Waals surface area contributed by atoms with E-state index < -0.39 is 23.8 Å². The van der Waals surface area contributed by atoms with Crippen LogP contribution < -0.4 is 15.1 Å². The highest BCUT2D eigenvalue weighted by Crippen LogP contribution is 2.32. The number of hydrogen-bond acceptors (Lipinski definition) is 5. The molecular formula is C19H23F2N3O3S. The Morgan fingerprint density at radius 3 is 2.68 bits per heavy atom. The maximum Gasteiger partial charge on any atom is 0.414 e. The maximum absolute atomic E-state index is 14.7. The van der Waals surface area contributed by atoms with E-state index in [1.165, 1.54) is 17.0 Å². The molecule has 1 aromatic carbocycles. The molecule has 1 N–H and O–H groups in total. The number of rotatable bonds is 5. The molecule has 0 bridgehead atoms. The first-order valence-corrected chi connectivity index (χ1v) is 10.8. The molecule has 2 amide bonds. The van der Waals surface area contributed by atoms with Gasteiger partial charge in [0.25, 0.3) is 0 Å². The van der Waals surface area contributed by atoms with Crippen LogP contribution in [0.3, 0.4) is 0 Å². The summed E-state index contributed by atoms with van der Waals surface area (Å²) in [4.78, 5) is 26.8. The molecule has 2 saturated heterocycles. The lowest BCUT2D eigenvalue weighted by molar-refractivity contribution is -0.122. The predicted molar refractivity (Wildman–Crippen MR) is 104 cm³/mol. The lowest BCUT2D eigenvalue weighted by Gasteiger charge is -2.24. The molecule has 1 aromatic rings. The van der Waals surface area contributed by atoms with Crippen LogP contribution in [0.2, 0.25) is 0 Å². The molecule has 1 saturated carbocycles. The Bertz CT molecular complexity index is 744. The van der Waals surface area contributed by atoms with Gasteiger partial charge in [-0.15, -0.1) is 0 Å². The Morgan fingerprint density at radius 2 is 1.96 bits per heavy atom. The molecule has 3 fully saturated rings. The second kappa shape index (κ2) is 8.14. The highest BCUT2D eigenvalue weighted by molar-refractivity contribution is 7.99. The van der Waals surface area contributed by atoms with Crippen molar-refractivity contribution in [3.63, 3.8) is 0 Å². The Kier molecular flexibility index (Phi) is 5.61. The van der Waals surface area contributed by atoms with Crippen LogP contribution in [0.5, 0.6) is 0 Å². The van der Waals surface area contributed by atoms with E-state index in [2.05, 4.69) is 5.32 Å². The van der Waals surface area contributed by atoms with Gasteiger partial charge in [0, 0.05) is 36.9 Å². The molecule has 9 heteroatoms. The Balaban J connectivity index is 1.44. The molecule has 3 aliphatic rings. The van der Waals surface area contributed by atoms with Crippen LogP contribution in [0, 0.1) is 17.6 Å². The quantitative estimate of drug-likeness (QED) is 0.807. The fraction of sp³-hybridized carbons (Fsp3) is 0.579. The van der Waals surface area contributed by atoms with Crippen LogP contribution in [0.1, 0.15) is 19.3 Å². The minimum Gasteiger partial charge on any atom is -0.442 e. The van der Waals surface area contributed by atoms with E-state index in [0.717, 1.165) is 30.8 Å². The standard InChI is InChI=1S/C19H23F2N3O3S/c20-15-8-13(9-16(21)17(15)23-4-1-6-28-7-5-23)24-11-14(27-19(24)26)10-22-18(25)12-2-3-12/h8-9,12,14H,1-7,10-11H2,(H,22,25)/t14-/m0/s1. The van der Waals surface area contributed by atoms with Crippen LogP contribution in [0.4, 0.5) is 25.0 Å². The molecule has 1 aliphatic carbocycles. The molecule has 6 nitrogen and oxygen atoms in total. The van der Waals surface area contributed by atoms with Crippen molar-refractivity contribution in [1.29, 1.82) is 0 Å². The van der Waals surface area contributed by atoms with Gasteiger partial charge >= 0.3 is 6.09 Å². The average Bonchev–Trinajstić information content (AvgIpc) is 3.46. The number of nitrogens with zero attached hydrogens (tertiary/aromatic N) is 2. The van der Waals surface area contributed by atoms with Crippen molar-refractivity contribution in [3.05, 3.63) is 23.8 Å². The molecular weight excluding hydrogens is 388 g/mol. The largest absolute Gasteiger partial charge is 0.442 e. The summed E-state index contributed by atoms with van der Waals surface area (Å²) in [7, 11) is 0. The summed E-state index contributed by atoms with van der Waals surface area (Å²) in [6, 6.07) is 2.37. The van der Waals surface area contributed by atoms with Gasteiger partial charge in [0.05, 0.1) is 18.8 Å². The van der Waals surface area contributed by atoms with Gasteiger partial charge in [0.1, 0.15) is 11.8 Å². The summed E-state index contributed by atoms with van der Waals surface area (Å²) in [6.07, 6.45) is 1.45. The lowest BCUT2D eigenvalue weighted by atomic mass is 10.2. The molecule has 0 spiro atoms.